The molecule has 0 aliphatic rings. The maximum atomic E-state index is 14.3. The van der Waals surface area contributed by atoms with E-state index in [0.29, 0.717) is 36.7 Å². The zero-order chi connectivity index (χ0) is 16.8. The standard InChI is InChI=1S/C16H22FN3O3/c1-11-14(19-10-18-11)9-20(4-5-21)8-12-6-15(22-2)16(23-3)7-13(12)17/h6-7,10,21H,4-5,8-9H2,1-3H3,(H,18,19). The van der Waals surface area contributed by atoms with Crippen LogP contribution in [0, 0.1) is 12.7 Å². The highest BCUT2D eigenvalue weighted by atomic mass is 19.1. The quantitative estimate of drug-likeness (QED) is 0.776. The number of nitrogens with one attached hydrogen (secondary N) is 1. The van der Waals surface area contributed by atoms with Gasteiger partial charge in [0.25, 0.3) is 0 Å². The number of methoxy groups -OCH3 is 2. The number of hydrogen-bond acceptors (Lipinski definition) is 5. The van der Waals surface area contributed by atoms with Crippen molar-refractivity contribution in [1.29, 1.82) is 0 Å². The molecule has 23 heavy (non-hydrogen) atoms. The number of nitrogens with zero attached hydrogens (tertiary/aromatic N) is 2. The van der Waals surface area contributed by atoms with E-state index in [-0.39, 0.29) is 12.4 Å². The Morgan fingerprint density at radius 1 is 1.22 bits per heavy atom. The molecule has 0 saturated heterocycles. The fourth-order valence-electron chi connectivity index (χ4n) is 2.37. The molecule has 1 aromatic heterocycles. The van der Waals surface area contributed by atoms with Crippen molar-refractivity contribution in [2.24, 2.45) is 0 Å². The smallest absolute Gasteiger partial charge is 0.163 e. The van der Waals surface area contributed by atoms with E-state index in [4.69, 9.17) is 9.47 Å². The normalized spacial score (nSPS) is 11.0. The highest BCUT2D eigenvalue weighted by molar-refractivity contribution is 5.43. The number of aliphatic hydroxyl groups is 1. The summed E-state index contributed by atoms with van der Waals surface area (Å²) in [6.45, 7) is 3.18. The van der Waals surface area contributed by atoms with E-state index < -0.39 is 0 Å². The predicted molar refractivity (Wildman–Crippen MR) is 84.0 cm³/mol. The number of aryl methyl sites for hydroxylation is 1. The van der Waals surface area contributed by atoms with Crippen LogP contribution in [0.4, 0.5) is 4.39 Å². The lowest BCUT2D eigenvalue weighted by molar-refractivity contribution is 0.181. The molecule has 2 aromatic rings. The average molecular weight is 323 g/mol. The molecule has 1 heterocycles. The van der Waals surface area contributed by atoms with E-state index in [0.717, 1.165) is 11.4 Å². The number of aliphatic hydroxyl groups excluding tert-OH is 1. The van der Waals surface area contributed by atoms with Crippen LogP contribution in [0.5, 0.6) is 11.5 Å². The summed E-state index contributed by atoms with van der Waals surface area (Å²) in [6.07, 6.45) is 1.62. The molecule has 0 aliphatic heterocycles. The van der Waals surface area contributed by atoms with Crippen LogP contribution in [0.15, 0.2) is 18.5 Å². The first-order valence-corrected chi connectivity index (χ1v) is 7.31. The lowest BCUT2D eigenvalue weighted by Gasteiger charge is -2.22. The number of rotatable bonds is 8. The summed E-state index contributed by atoms with van der Waals surface area (Å²) in [5.74, 6) is 0.457. The molecule has 0 amide bonds. The molecule has 2 rings (SSSR count). The van der Waals surface area contributed by atoms with Gasteiger partial charge in [0.1, 0.15) is 5.82 Å². The Balaban J connectivity index is 2.20. The fourth-order valence-corrected chi connectivity index (χ4v) is 2.37. The number of aromatic amines is 1. The Labute approximate surface area is 134 Å². The van der Waals surface area contributed by atoms with E-state index >= 15 is 0 Å². The SMILES string of the molecule is COc1cc(F)c(CN(CCO)Cc2nc[nH]c2C)cc1OC. The van der Waals surface area contributed by atoms with Gasteiger partial charge in [-0.05, 0) is 13.0 Å². The number of benzene rings is 1. The number of ether oxygens (including phenoxy) is 2. The Bertz CT molecular complexity index is 645. The summed E-state index contributed by atoms with van der Waals surface area (Å²) >= 11 is 0. The van der Waals surface area contributed by atoms with Crippen LogP contribution in [-0.2, 0) is 13.1 Å². The van der Waals surface area contributed by atoms with Crippen LogP contribution in [0.1, 0.15) is 17.0 Å². The topological polar surface area (TPSA) is 70.6 Å². The lowest BCUT2D eigenvalue weighted by Crippen LogP contribution is -2.27. The predicted octanol–water partition coefficient (Wildman–Crippen LogP) is 1.87. The van der Waals surface area contributed by atoms with E-state index in [9.17, 15) is 9.50 Å². The summed E-state index contributed by atoms with van der Waals surface area (Å²) in [4.78, 5) is 9.18. The van der Waals surface area contributed by atoms with Gasteiger partial charge in [0, 0.05) is 37.0 Å². The van der Waals surface area contributed by atoms with Crippen LogP contribution in [-0.4, -0.2) is 47.3 Å². The maximum absolute atomic E-state index is 14.3. The Hall–Kier alpha value is -2.12. The van der Waals surface area contributed by atoms with Gasteiger partial charge < -0.3 is 19.6 Å². The number of H-pyrrole nitrogens is 1. The van der Waals surface area contributed by atoms with Crippen LogP contribution >= 0.6 is 0 Å². The van der Waals surface area contributed by atoms with Crippen LogP contribution in [0.3, 0.4) is 0 Å². The average Bonchev–Trinajstić information content (AvgIpc) is 2.94. The molecular formula is C16H22FN3O3. The van der Waals surface area contributed by atoms with Crippen molar-refractivity contribution in [1.82, 2.24) is 14.9 Å². The molecule has 0 aliphatic carbocycles. The zero-order valence-corrected chi connectivity index (χ0v) is 13.6. The van der Waals surface area contributed by atoms with E-state index in [1.807, 2.05) is 11.8 Å². The van der Waals surface area contributed by atoms with Crippen molar-refractivity contribution in [3.63, 3.8) is 0 Å². The zero-order valence-electron chi connectivity index (χ0n) is 13.6. The second-order valence-electron chi connectivity index (χ2n) is 5.21. The highest BCUT2D eigenvalue weighted by Gasteiger charge is 2.16. The first-order valence-electron chi connectivity index (χ1n) is 7.31. The molecule has 0 spiro atoms. The largest absolute Gasteiger partial charge is 0.493 e. The number of hydrogen-bond donors (Lipinski definition) is 2. The fraction of sp³-hybridized carbons (Fsp3) is 0.438. The highest BCUT2D eigenvalue weighted by Crippen LogP contribution is 2.30. The maximum Gasteiger partial charge on any atom is 0.163 e. The van der Waals surface area contributed by atoms with Crippen molar-refractivity contribution < 1.29 is 19.0 Å². The van der Waals surface area contributed by atoms with E-state index in [2.05, 4.69) is 9.97 Å². The Morgan fingerprint density at radius 2 is 1.91 bits per heavy atom. The van der Waals surface area contributed by atoms with Crippen molar-refractivity contribution in [2.75, 3.05) is 27.4 Å². The summed E-state index contributed by atoms with van der Waals surface area (Å²) in [5, 5.41) is 9.26. The van der Waals surface area contributed by atoms with Gasteiger partial charge in [0.05, 0.1) is 32.8 Å². The van der Waals surface area contributed by atoms with Gasteiger partial charge in [-0.15, -0.1) is 0 Å². The number of imidazole rings is 1. The Kier molecular flexibility index (Phi) is 5.95. The van der Waals surface area contributed by atoms with Gasteiger partial charge in [-0.3, -0.25) is 4.90 Å². The second-order valence-corrected chi connectivity index (χ2v) is 5.21. The van der Waals surface area contributed by atoms with E-state index in [1.165, 1.54) is 20.3 Å². The molecule has 7 heteroatoms. The summed E-state index contributed by atoms with van der Waals surface area (Å²) < 4.78 is 24.6. The molecule has 0 saturated carbocycles. The molecule has 0 atom stereocenters. The third kappa shape index (κ3) is 4.20. The molecule has 0 radical (unpaired) electrons. The monoisotopic (exact) mass is 323 g/mol. The molecule has 1 aromatic carbocycles. The summed E-state index contributed by atoms with van der Waals surface area (Å²) in [6, 6.07) is 2.93. The third-order valence-electron chi connectivity index (χ3n) is 3.67. The summed E-state index contributed by atoms with van der Waals surface area (Å²) in [7, 11) is 2.98. The van der Waals surface area contributed by atoms with Gasteiger partial charge >= 0.3 is 0 Å². The van der Waals surface area contributed by atoms with Crippen molar-refractivity contribution in [2.45, 2.75) is 20.0 Å². The molecule has 126 valence electrons. The minimum Gasteiger partial charge on any atom is -0.493 e. The minimum absolute atomic E-state index is 0.0155. The van der Waals surface area contributed by atoms with Crippen molar-refractivity contribution >= 4 is 0 Å². The van der Waals surface area contributed by atoms with Gasteiger partial charge in [0.2, 0.25) is 0 Å². The second kappa shape index (κ2) is 7.94. The summed E-state index contributed by atoms with van der Waals surface area (Å²) in [5.41, 5.74) is 2.31. The lowest BCUT2D eigenvalue weighted by atomic mass is 10.1. The van der Waals surface area contributed by atoms with Crippen LogP contribution in [0.2, 0.25) is 0 Å². The minimum atomic E-state index is -0.371. The van der Waals surface area contributed by atoms with Crippen LogP contribution < -0.4 is 9.47 Å². The molecular weight excluding hydrogens is 301 g/mol. The van der Waals surface area contributed by atoms with Gasteiger partial charge in [0.15, 0.2) is 11.5 Å². The molecule has 0 bridgehead atoms. The van der Waals surface area contributed by atoms with Gasteiger partial charge in [-0.2, -0.15) is 0 Å². The molecule has 2 N–H and O–H groups in total. The molecule has 6 nitrogen and oxygen atoms in total. The molecule has 0 fully saturated rings. The number of halogens is 1. The van der Waals surface area contributed by atoms with E-state index in [1.54, 1.807) is 12.4 Å². The first kappa shape index (κ1) is 17.2. The van der Waals surface area contributed by atoms with Gasteiger partial charge in [-0.25, -0.2) is 9.37 Å². The van der Waals surface area contributed by atoms with Crippen molar-refractivity contribution in [3.8, 4) is 11.5 Å². The first-order chi connectivity index (χ1) is 11.1. The van der Waals surface area contributed by atoms with Gasteiger partial charge in [-0.1, -0.05) is 0 Å². The number of aromatic nitrogens is 2. The van der Waals surface area contributed by atoms with Crippen LogP contribution in [0.25, 0.3) is 0 Å². The molecule has 0 unspecified atom stereocenters. The van der Waals surface area contributed by atoms with Crippen molar-refractivity contribution in [3.05, 3.63) is 41.2 Å². The Morgan fingerprint density at radius 3 is 2.48 bits per heavy atom. The third-order valence-corrected chi connectivity index (χ3v) is 3.67.